The normalized spacial score (nSPS) is 25.6. The van der Waals surface area contributed by atoms with Crippen molar-refractivity contribution in [1.29, 1.82) is 0 Å². The Morgan fingerprint density at radius 2 is 1.83 bits per heavy atom. The number of hydrogen-bond acceptors (Lipinski definition) is 2. The minimum absolute atomic E-state index is 0.730. The van der Waals surface area contributed by atoms with E-state index in [1.807, 2.05) is 0 Å². The summed E-state index contributed by atoms with van der Waals surface area (Å²) >= 11 is 0. The second-order valence-corrected chi connectivity index (χ2v) is 5.70. The van der Waals surface area contributed by atoms with Crippen molar-refractivity contribution in [1.82, 2.24) is 4.90 Å². The van der Waals surface area contributed by atoms with Crippen LogP contribution in [0.15, 0.2) is 23.5 Å². The highest BCUT2D eigenvalue weighted by Gasteiger charge is 2.26. The fourth-order valence-corrected chi connectivity index (χ4v) is 3.54. The molecule has 1 atom stereocenters. The molecule has 0 amide bonds. The van der Waals surface area contributed by atoms with Gasteiger partial charge in [-0.05, 0) is 51.0 Å². The van der Waals surface area contributed by atoms with Crippen molar-refractivity contribution >= 4 is 0 Å². The predicted octanol–water partition coefficient (Wildman–Crippen LogP) is 3.65. The van der Waals surface area contributed by atoms with Crippen LogP contribution in [0.3, 0.4) is 0 Å². The van der Waals surface area contributed by atoms with Gasteiger partial charge in [-0.15, -0.1) is 0 Å². The number of nitrogens with zero attached hydrogens (tertiary/aromatic N) is 1. The highest BCUT2D eigenvalue weighted by atomic mass is 15.1. The first kappa shape index (κ1) is 13.5. The van der Waals surface area contributed by atoms with E-state index in [1.54, 1.807) is 0 Å². The van der Waals surface area contributed by atoms with E-state index < -0.39 is 0 Å². The fraction of sp³-hybridized carbons (Fsp3) is 0.750. The maximum atomic E-state index is 6.17. The van der Waals surface area contributed by atoms with Gasteiger partial charge in [0.1, 0.15) is 0 Å². The molecule has 2 aliphatic carbocycles. The Balaban J connectivity index is 2.05. The van der Waals surface area contributed by atoms with Crippen LogP contribution in [0, 0.1) is 11.8 Å². The number of nitrogens with two attached hydrogens (primary N) is 1. The van der Waals surface area contributed by atoms with Crippen molar-refractivity contribution in [2.75, 3.05) is 13.1 Å². The van der Waals surface area contributed by atoms with Crippen LogP contribution in [0.25, 0.3) is 0 Å². The third-order valence-electron chi connectivity index (χ3n) is 4.69. The van der Waals surface area contributed by atoms with Gasteiger partial charge in [-0.3, -0.25) is 0 Å². The molecule has 0 aromatic heterocycles. The summed E-state index contributed by atoms with van der Waals surface area (Å²) in [6, 6.07) is 0. The molecule has 0 saturated heterocycles. The average molecular weight is 248 g/mol. The van der Waals surface area contributed by atoms with Gasteiger partial charge in [0.2, 0.25) is 0 Å². The largest absolute Gasteiger partial charge is 0.397 e. The Labute approximate surface area is 112 Å². The third kappa shape index (κ3) is 2.90. The first-order valence-electron chi connectivity index (χ1n) is 7.68. The van der Waals surface area contributed by atoms with E-state index in [4.69, 9.17) is 5.73 Å². The minimum Gasteiger partial charge on any atom is -0.397 e. The van der Waals surface area contributed by atoms with Crippen molar-refractivity contribution < 1.29 is 0 Å². The molecule has 0 bridgehead atoms. The van der Waals surface area contributed by atoms with E-state index in [0.717, 1.165) is 37.0 Å². The van der Waals surface area contributed by atoms with Crippen molar-refractivity contribution in [2.45, 2.75) is 52.4 Å². The third-order valence-corrected chi connectivity index (χ3v) is 4.69. The Kier molecular flexibility index (Phi) is 4.73. The lowest BCUT2D eigenvalue weighted by atomic mass is 9.76. The van der Waals surface area contributed by atoms with Crippen LogP contribution >= 0.6 is 0 Å². The molecule has 1 saturated carbocycles. The molecule has 102 valence electrons. The van der Waals surface area contributed by atoms with Gasteiger partial charge in [-0.1, -0.05) is 25.3 Å². The summed E-state index contributed by atoms with van der Waals surface area (Å²) in [4.78, 5) is 2.43. The molecule has 1 unspecified atom stereocenters. The van der Waals surface area contributed by atoms with Crippen LogP contribution in [-0.4, -0.2) is 18.0 Å². The van der Waals surface area contributed by atoms with E-state index >= 15 is 0 Å². The molecule has 0 spiro atoms. The van der Waals surface area contributed by atoms with Gasteiger partial charge in [-0.2, -0.15) is 0 Å². The van der Waals surface area contributed by atoms with Crippen molar-refractivity contribution in [3.8, 4) is 0 Å². The molecule has 0 aliphatic heterocycles. The molecule has 0 aromatic rings. The maximum absolute atomic E-state index is 6.17. The lowest BCUT2D eigenvalue weighted by Crippen LogP contribution is -2.30. The van der Waals surface area contributed by atoms with E-state index in [0.29, 0.717) is 0 Å². The summed E-state index contributed by atoms with van der Waals surface area (Å²) in [5.41, 5.74) is 8.55. The lowest BCUT2D eigenvalue weighted by molar-refractivity contribution is 0.259. The summed E-state index contributed by atoms with van der Waals surface area (Å²) in [6.45, 7) is 6.57. The number of allylic oxidation sites excluding steroid dienone is 3. The highest BCUT2D eigenvalue weighted by Crippen LogP contribution is 2.37. The molecule has 0 heterocycles. The average Bonchev–Trinajstić information content (AvgIpc) is 2.43. The zero-order chi connectivity index (χ0) is 13.0. The minimum atomic E-state index is 0.730. The van der Waals surface area contributed by atoms with Crippen LogP contribution in [0.1, 0.15) is 52.4 Å². The summed E-state index contributed by atoms with van der Waals surface area (Å²) < 4.78 is 0. The molecule has 2 aliphatic rings. The summed E-state index contributed by atoms with van der Waals surface area (Å²) in [6.07, 6.45) is 12.8. The van der Waals surface area contributed by atoms with Gasteiger partial charge in [0.15, 0.2) is 0 Å². The van der Waals surface area contributed by atoms with Crippen molar-refractivity contribution in [2.24, 2.45) is 17.6 Å². The van der Waals surface area contributed by atoms with E-state index in [1.165, 1.54) is 37.8 Å². The van der Waals surface area contributed by atoms with Crippen LogP contribution in [-0.2, 0) is 0 Å². The predicted molar refractivity (Wildman–Crippen MR) is 78.0 cm³/mol. The van der Waals surface area contributed by atoms with Crippen LogP contribution in [0.5, 0.6) is 0 Å². The second kappa shape index (κ2) is 6.31. The van der Waals surface area contributed by atoms with Crippen LogP contribution < -0.4 is 5.73 Å². The maximum Gasteiger partial charge on any atom is 0.0506 e. The fourth-order valence-electron chi connectivity index (χ4n) is 3.54. The zero-order valence-electron chi connectivity index (χ0n) is 12.0. The lowest BCUT2D eigenvalue weighted by Gasteiger charge is -2.35. The van der Waals surface area contributed by atoms with Gasteiger partial charge >= 0.3 is 0 Å². The topological polar surface area (TPSA) is 29.3 Å². The molecular weight excluding hydrogens is 220 g/mol. The molecule has 2 nitrogen and oxygen atoms in total. The molecule has 18 heavy (non-hydrogen) atoms. The monoisotopic (exact) mass is 248 g/mol. The Morgan fingerprint density at radius 1 is 1.17 bits per heavy atom. The first-order chi connectivity index (χ1) is 8.76. The molecule has 2 heteroatoms. The highest BCUT2D eigenvalue weighted by molar-refractivity contribution is 5.28. The molecule has 2 rings (SSSR count). The number of rotatable bonds is 4. The summed E-state index contributed by atoms with van der Waals surface area (Å²) in [5, 5.41) is 0. The smallest absolute Gasteiger partial charge is 0.0506 e. The first-order valence-corrected chi connectivity index (χ1v) is 7.68. The second-order valence-electron chi connectivity index (χ2n) is 5.70. The van der Waals surface area contributed by atoms with Gasteiger partial charge in [0, 0.05) is 18.8 Å². The van der Waals surface area contributed by atoms with Crippen molar-refractivity contribution in [3.05, 3.63) is 23.5 Å². The zero-order valence-corrected chi connectivity index (χ0v) is 12.0. The van der Waals surface area contributed by atoms with E-state index in [2.05, 4.69) is 30.9 Å². The van der Waals surface area contributed by atoms with Gasteiger partial charge < -0.3 is 10.6 Å². The van der Waals surface area contributed by atoms with Gasteiger partial charge in [0.25, 0.3) is 0 Å². The Morgan fingerprint density at radius 3 is 2.44 bits per heavy atom. The molecule has 1 fully saturated rings. The molecular formula is C16H28N2. The quantitative estimate of drug-likeness (QED) is 0.822. The van der Waals surface area contributed by atoms with E-state index in [9.17, 15) is 0 Å². The summed E-state index contributed by atoms with van der Waals surface area (Å²) in [5.74, 6) is 1.63. The van der Waals surface area contributed by atoms with E-state index in [-0.39, 0.29) is 0 Å². The molecule has 0 aromatic carbocycles. The van der Waals surface area contributed by atoms with Crippen molar-refractivity contribution in [3.63, 3.8) is 0 Å². The summed E-state index contributed by atoms with van der Waals surface area (Å²) in [7, 11) is 0. The SMILES string of the molecule is CCN(CC)C1=C(N)C=CC(C2CCCCC2)C1. The van der Waals surface area contributed by atoms with Gasteiger partial charge in [-0.25, -0.2) is 0 Å². The van der Waals surface area contributed by atoms with Gasteiger partial charge in [0.05, 0.1) is 5.70 Å². The van der Waals surface area contributed by atoms with Crippen LogP contribution in [0.2, 0.25) is 0 Å². The number of hydrogen-bond donors (Lipinski definition) is 1. The Hall–Kier alpha value is -0.920. The molecule has 2 N–H and O–H groups in total. The van der Waals surface area contributed by atoms with Crippen LogP contribution in [0.4, 0.5) is 0 Å². The standard InChI is InChI=1S/C16H28N2/c1-3-18(4-2)16-12-14(10-11-15(16)17)13-8-6-5-7-9-13/h10-11,13-14H,3-9,12,17H2,1-2H3. The molecule has 0 radical (unpaired) electrons. The Bertz CT molecular complexity index is 320.